The summed E-state index contributed by atoms with van der Waals surface area (Å²) in [7, 11) is 0. The molecule has 1 unspecified atom stereocenters. The molecular formula is C17H22N2O2. The van der Waals surface area contributed by atoms with E-state index in [1.807, 2.05) is 31.2 Å². The lowest BCUT2D eigenvalue weighted by molar-refractivity contribution is -0.133. The number of piperidine rings is 1. The summed E-state index contributed by atoms with van der Waals surface area (Å²) in [5.74, 6) is -0.137. The number of hydrogen-bond acceptors (Lipinski definition) is 3. The van der Waals surface area contributed by atoms with Gasteiger partial charge in [0.15, 0.2) is 0 Å². The zero-order chi connectivity index (χ0) is 15.0. The van der Waals surface area contributed by atoms with Gasteiger partial charge in [0.2, 0.25) is 11.8 Å². The van der Waals surface area contributed by atoms with Gasteiger partial charge in [-0.15, -0.1) is 0 Å². The molecule has 2 N–H and O–H groups in total. The minimum absolute atomic E-state index is 0.0616. The molecule has 21 heavy (non-hydrogen) atoms. The summed E-state index contributed by atoms with van der Waals surface area (Å²) in [4.78, 5) is 26.6. The minimum atomic E-state index is -0.204. The summed E-state index contributed by atoms with van der Waals surface area (Å²) in [5, 5.41) is 0. The highest BCUT2D eigenvalue weighted by atomic mass is 16.2. The second-order valence-electron chi connectivity index (χ2n) is 6.53. The zero-order valence-corrected chi connectivity index (χ0v) is 12.5. The highest BCUT2D eigenvalue weighted by Crippen LogP contribution is 2.47. The van der Waals surface area contributed by atoms with Gasteiger partial charge in [0.05, 0.1) is 5.69 Å². The second kappa shape index (κ2) is 5.26. The van der Waals surface area contributed by atoms with Crippen LogP contribution in [-0.4, -0.2) is 11.8 Å². The number of nitrogens with zero attached hydrogens (tertiary/aromatic N) is 1. The molecule has 1 atom stereocenters. The largest absolute Gasteiger partial charge is 0.324 e. The molecule has 0 radical (unpaired) electrons. The van der Waals surface area contributed by atoms with Gasteiger partial charge in [-0.2, -0.15) is 0 Å². The lowest BCUT2D eigenvalue weighted by Crippen LogP contribution is -2.47. The van der Waals surface area contributed by atoms with Gasteiger partial charge in [0.25, 0.3) is 0 Å². The van der Waals surface area contributed by atoms with Crippen molar-refractivity contribution in [3.8, 4) is 0 Å². The first kappa shape index (κ1) is 14.3. The molecule has 2 fully saturated rings. The summed E-state index contributed by atoms with van der Waals surface area (Å²) in [6.45, 7) is 1.87. The molecule has 1 aromatic rings. The van der Waals surface area contributed by atoms with E-state index >= 15 is 0 Å². The number of nitrogens with two attached hydrogens (primary N) is 1. The standard InChI is InChI=1S/C17H22N2O2/c1-12(18)13-6-2-3-7-14(13)19-15(20)10-17(11-16(19)21)8-4-5-9-17/h2-3,6-7,12H,4-5,8-11,18H2,1H3. The Morgan fingerprint density at radius 3 is 2.24 bits per heavy atom. The van der Waals surface area contributed by atoms with Gasteiger partial charge in [0, 0.05) is 18.9 Å². The molecule has 1 spiro atoms. The van der Waals surface area contributed by atoms with Crippen LogP contribution in [0.4, 0.5) is 5.69 Å². The number of carbonyl (C=O) groups is 2. The van der Waals surface area contributed by atoms with Gasteiger partial charge >= 0.3 is 0 Å². The van der Waals surface area contributed by atoms with Crippen LogP contribution in [0.15, 0.2) is 24.3 Å². The second-order valence-corrected chi connectivity index (χ2v) is 6.53. The van der Waals surface area contributed by atoms with Gasteiger partial charge < -0.3 is 5.73 Å². The van der Waals surface area contributed by atoms with Crippen LogP contribution in [-0.2, 0) is 9.59 Å². The molecule has 4 heteroatoms. The fourth-order valence-corrected chi connectivity index (χ4v) is 3.82. The minimum Gasteiger partial charge on any atom is -0.324 e. The Balaban J connectivity index is 1.93. The van der Waals surface area contributed by atoms with Gasteiger partial charge in [0.1, 0.15) is 0 Å². The Bertz CT molecular complexity index is 554. The topological polar surface area (TPSA) is 63.4 Å². The van der Waals surface area contributed by atoms with E-state index < -0.39 is 0 Å². The van der Waals surface area contributed by atoms with Crippen LogP contribution in [0.1, 0.15) is 57.1 Å². The van der Waals surface area contributed by atoms with E-state index in [9.17, 15) is 9.59 Å². The SMILES string of the molecule is CC(N)c1ccccc1N1C(=O)CC2(CCCC2)CC1=O. The number of benzene rings is 1. The Morgan fingerprint density at radius 2 is 1.67 bits per heavy atom. The number of rotatable bonds is 2. The molecule has 0 aromatic heterocycles. The highest BCUT2D eigenvalue weighted by Gasteiger charge is 2.45. The first-order chi connectivity index (χ1) is 10.0. The Labute approximate surface area is 125 Å². The number of anilines is 1. The summed E-state index contributed by atoms with van der Waals surface area (Å²) in [6.07, 6.45) is 5.27. The summed E-state index contributed by atoms with van der Waals surface area (Å²) < 4.78 is 0. The van der Waals surface area contributed by atoms with E-state index in [0.29, 0.717) is 18.5 Å². The number of imide groups is 1. The van der Waals surface area contributed by atoms with Crippen LogP contribution in [0, 0.1) is 5.41 Å². The number of amides is 2. The fourth-order valence-electron chi connectivity index (χ4n) is 3.82. The smallest absolute Gasteiger partial charge is 0.234 e. The molecule has 1 aromatic carbocycles. The summed E-state index contributed by atoms with van der Waals surface area (Å²) in [5.41, 5.74) is 7.43. The molecule has 1 aliphatic carbocycles. The zero-order valence-electron chi connectivity index (χ0n) is 12.5. The van der Waals surface area contributed by atoms with E-state index in [1.165, 1.54) is 4.90 Å². The maximum atomic E-state index is 12.6. The summed E-state index contributed by atoms with van der Waals surface area (Å²) in [6, 6.07) is 7.24. The third kappa shape index (κ3) is 2.48. The van der Waals surface area contributed by atoms with Crippen molar-refractivity contribution in [3.63, 3.8) is 0 Å². The number of para-hydroxylation sites is 1. The highest BCUT2D eigenvalue weighted by molar-refractivity contribution is 6.17. The average molecular weight is 286 g/mol. The predicted octanol–water partition coefficient (Wildman–Crippen LogP) is 2.92. The number of carbonyl (C=O) groups excluding carboxylic acids is 2. The molecule has 2 aliphatic rings. The molecule has 112 valence electrons. The van der Waals surface area contributed by atoms with Gasteiger partial charge in [-0.3, -0.25) is 14.5 Å². The van der Waals surface area contributed by atoms with Crippen molar-refractivity contribution in [2.45, 2.75) is 51.5 Å². The Morgan fingerprint density at radius 1 is 1.10 bits per heavy atom. The molecule has 1 saturated carbocycles. The third-order valence-corrected chi connectivity index (χ3v) is 4.88. The van der Waals surface area contributed by atoms with Gasteiger partial charge in [-0.1, -0.05) is 31.0 Å². The predicted molar refractivity (Wildman–Crippen MR) is 81.7 cm³/mol. The molecule has 2 amide bonds. The van der Waals surface area contributed by atoms with Crippen molar-refractivity contribution < 1.29 is 9.59 Å². The van der Waals surface area contributed by atoms with E-state index in [2.05, 4.69) is 0 Å². The van der Waals surface area contributed by atoms with E-state index in [-0.39, 0.29) is 23.3 Å². The molecule has 1 saturated heterocycles. The first-order valence-corrected chi connectivity index (χ1v) is 7.73. The first-order valence-electron chi connectivity index (χ1n) is 7.73. The van der Waals surface area contributed by atoms with E-state index in [4.69, 9.17) is 5.73 Å². The van der Waals surface area contributed by atoms with Crippen LogP contribution < -0.4 is 10.6 Å². The van der Waals surface area contributed by atoms with Crippen molar-refractivity contribution in [1.82, 2.24) is 0 Å². The Hall–Kier alpha value is -1.68. The molecule has 4 nitrogen and oxygen atoms in total. The fraction of sp³-hybridized carbons (Fsp3) is 0.529. The molecule has 1 heterocycles. The maximum absolute atomic E-state index is 12.6. The monoisotopic (exact) mass is 286 g/mol. The van der Waals surface area contributed by atoms with E-state index in [0.717, 1.165) is 31.2 Å². The van der Waals surface area contributed by atoms with Crippen LogP contribution in [0.3, 0.4) is 0 Å². The van der Waals surface area contributed by atoms with Crippen LogP contribution in [0.2, 0.25) is 0 Å². The molecular weight excluding hydrogens is 264 g/mol. The van der Waals surface area contributed by atoms with Crippen molar-refractivity contribution in [1.29, 1.82) is 0 Å². The van der Waals surface area contributed by atoms with Crippen LogP contribution in [0.5, 0.6) is 0 Å². The lowest BCUT2D eigenvalue weighted by atomic mass is 9.76. The molecule has 0 bridgehead atoms. The van der Waals surface area contributed by atoms with Crippen LogP contribution >= 0.6 is 0 Å². The normalized spacial score (nSPS) is 22.9. The number of hydrogen-bond donors (Lipinski definition) is 1. The third-order valence-electron chi connectivity index (χ3n) is 4.88. The maximum Gasteiger partial charge on any atom is 0.234 e. The molecule has 3 rings (SSSR count). The average Bonchev–Trinajstić information content (AvgIpc) is 2.86. The quantitative estimate of drug-likeness (QED) is 0.850. The van der Waals surface area contributed by atoms with Crippen molar-refractivity contribution in [2.24, 2.45) is 11.1 Å². The van der Waals surface area contributed by atoms with Crippen molar-refractivity contribution >= 4 is 17.5 Å². The Kier molecular flexibility index (Phi) is 3.57. The van der Waals surface area contributed by atoms with E-state index in [1.54, 1.807) is 0 Å². The summed E-state index contributed by atoms with van der Waals surface area (Å²) >= 11 is 0. The van der Waals surface area contributed by atoms with Crippen molar-refractivity contribution in [2.75, 3.05) is 4.90 Å². The lowest BCUT2D eigenvalue weighted by Gasteiger charge is -2.38. The molecule has 1 aliphatic heterocycles. The van der Waals surface area contributed by atoms with Crippen molar-refractivity contribution in [3.05, 3.63) is 29.8 Å². The van der Waals surface area contributed by atoms with Gasteiger partial charge in [-0.05, 0) is 36.8 Å². The van der Waals surface area contributed by atoms with Gasteiger partial charge in [-0.25, -0.2) is 0 Å². The van der Waals surface area contributed by atoms with Crippen LogP contribution in [0.25, 0.3) is 0 Å².